The van der Waals surface area contributed by atoms with E-state index in [2.05, 4.69) is 39.4 Å². The number of halogens is 1. The van der Waals surface area contributed by atoms with E-state index in [0.717, 1.165) is 67.6 Å². The molecule has 4 rings (SSSR count). The number of piperidine rings is 1. The van der Waals surface area contributed by atoms with Crippen LogP contribution in [0.5, 0.6) is 0 Å². The van der Waals surface area contributed by atoms with Gasteiger partial charge >= 0.3 is 0 Å². The highest BCUT2D eigenvalue weighted by Gasteiger charge is 2.20. The standard InChI is InChI=1S/C19H26ClN5/c20-17-11-15-10-16(25-7-1-2-14(12-21)13-25)3-4-18(15)23-19(17)24-8-5-22-6-9-24/h3-4,10-11,14,22H,1-2,5-9,12-13,21H2. The lowest BCUT2D eigenvalue weighted by Crippen LogP contribution is -2.44. The van der Waals surface area contributed by atoms with Crippen LogP contribution in [0.2, 0.25) is 5.02 Å². The summed E-state index contributed by atoms with van der Waals surface area (Å²) in [4.78, 5) is 9.55. The first-order valence-electron chi connectivity index (χ1n) is 9.25. The first-order valence-corrected chi connectivity index (χ1v) is 9.63. The predicted molar refractivity (Wildman–Crippen MR) is 106 cm³/mol. The van der Waals surface area contributed by atoms with E-state index in [1.165, 1.54) is 18.5 Å². The number of rotatable bonds is 3. The topological polar surface area (TPSA) is 57.4 Å². The van der Waals surface area contributed by atoms with E-state index < -0.39 is 0 Å². The molecule has 5 nitrogen and oxygen atoms in total. The van der Waals surface area contributed by atoms with Gasteiger partial charge in [0.05, 0.1) is 10.5 Å². The molecule has 0 spiro atoms. The molecule has 2 aliphatic heterocycles. The first-order chi connectivity index (χ1) is 12.2. The van der Waals surface area contributed by atoms with Crippen LogP contribution in [-0.4, -0.2) is 50.8 Å². The van der Waals surface area contributed by atoms with E-state index in [-0.39, 0.29) is 0 Å². The van der Waals surface area contributed by atoms with Crippen LogP contribution in [-0.2, 0) is 0 Å². The van der Waals surface area contributed by atoms with E-state index in [1.807, 2.05) is 0 Å². The molecule has 0 bridgehead atoms. The third-order valence-electron chi connectivity index (χ3n) is 5.37. The molecule has 0 radical (unpaired) electrons. The Morgan fingerprint density at radius 3 is 2.80 bits per heavy atom. The van der Waals surface area contributed by atoms with Gasteiger partial charge < -0.3 is 20.9 Å². The van der Waals surface area contributed by atoms with E-state index in [9.17, 15) is 0 Å². The van der Waals surface area contributed by atoms with Gasteiger partial charge in [0.2, 0.25) is 0 Å². The molecule has 2 fully saturated rings. The van der Waals surface area contributed by atoms with Crippen LogP contribution < -0.4 is 20.9 Å². The highest BCUT2D eigenvalue weighted by molar-refractivity contribution is 6.33. The highest BCUT2D eigenvalue weighted by atomic mass is 35.5. The lowest BCUT2D eigenvalue weighted by atomic mass is 9.97. The number of hydrogen-bond acceptors (Lipinski definition) is 5. The number of nitrogens with two attached hydrogens (primary N) is 1. The molecule has 2 saturated heterocycles. The Kier molecular flexibility index (Phi) is 4.97. The Hall–Kier alpha value is -1.56. The summed E-state index contributed by atoms with van der Waals surface area (Å²) in [5.41, 5.74) is 8.14. The van der Waals surface area contributed by atoms with Gasteiger partial charge in [-0.1, -0.05) is 11.6 Å². The van der Waals surface area contributed by atoms with Crippen molar-refractivity contribution in [3.8, 4) is 0 Å². The molecule has 0 saturated carbocycles. The minimum Gasteiger partial charge on any atom is -0.371 e. The number of piperazine rings is 1. The first kappa shape index (κ1) is 16.9. The van der Waals surface area contributed by atoms with Crippen molar-refractivity contribution >= 4 is 34.0 Å². The molecular weight excluding hydrogens is 334 g/mol. The van der Waals surface area contributed by atoms with E-state index in [0.29, 0.717) is 5.92 Å². The van der Waals surface area contributed by atoms with Gasteiger partial charge in [-0.15, -0.1) is 0 Å². The van der Waals surface area contributed by atoms with Crippen LogP contribution in [0.3, 0.4) is 0 Å². The van der Waals surface area contributed by atoms with Crippen molar-refractivity contribution in [1.82, 2.24) is 10.3 Å². The fraction of sp³-hybridized carbons (Fsp3) is 0.526. The van der Waals surface area contributed by atoms with Gasteiger partial charge in [-0.2, -0.15) is 0 Å². The minimum atomic E-state index is 0.598. The highest BCUT2D eigenvalue weighted by Crippen LogP contribution is 2.31. The molecular formula is C19H26ClN5. The maximum absolute atomic E-state index is 6.57. The van der Waals surface area contributed by atoms with Gasteiger partial charge in [-0.25, -0.2) is 4.98 Å². The average Bonchev–Trinajstić information content (AvgIpc) is 2.67. The molecule has 0 aliphatic carbocycles. The minimum absolute atomic E-state index is 0.598. The number of pyridine rings is 1. The molecule has 3 N–H and O–H groups in total. The third kappa shape index (κ3) is 3.54. The van der Waals surface area contributed by atoms with Crippen LogP contribution in [0.15, 0.2) is 24.3 Å². The second kappa shape index (κ2) is 7.36. The van der Waals surface area contributed by atoms with Gasteiger partial charge in [0.25, 0.3) is 0 Å². The molecule has 3 heterocycles. The smallest absolute Gasteiger partial charge is 0.148 e. The molecule has 1 atom stereocenters. The van der Waals surface area contributed by atoms with Crippen molar-refractivity contribution < 1.29 is 0 Å². The number of aromatic nitrogens is 1. The Morgan fingerprint density at radius 1 is 1.16 bits per heavy atom. The van der Waals surface area contributed by atoms with Crippen molar-refractivity contribution in [2.45, 2.75) is 12.8 Å². The fourth-order valence-corrected chi connectivity index (χ4v) is 4.19. The molecule has 2 aromatic rings. The summed E-state index contributed by atoms with van der Waals surface area (Å²) in [5.74, 6) is 1.51. The van der Waals surface area contributed by atoms with Gasteiger partial charge in [-0.05, 0) is 49.6 Å². The SMILES string of the molecule is NCC1CCCN(c2ccc3nc(N4CCNCC4)c(Cl)cc3c2)C1. The lowest BCUT2D eigenvalue weighted by molar-refractivity contribution is 0.423. The van der Waals surface area contributed by atoms with Crippen molar-refractivity contribution in [1.29, 1.82) is 0 Å². The normalized spacial score (nSPS) is 21.8. The number of hydrogen-bond donors (Lipinski definition) is 2. The Balaban J connectivity index is 1.62. The van der Waals surface area contributed by atoms with Crippen LogP contribution in [0.4, 0.5) is 11.5 Å². The van der Waals surface area contributed by atoms with Crippen LogP contribution in [0.1, 0.15) is 12.8 Å². The van der Waals surface area contributed by atoms with Crippen molar-refractivity contribution in [3.63, 3.8) is 0 Å². The maximum atomic E-state index is 6.57. The van der Waals surface area contributed by atoms with E-state index in [1.54, 1.807) is 0 Å². The van der Waals surface area contributed by atoms with Gasteiger partial charge in [-0.3, -0.25) is 0 Å². The molecule has 134 valence electrons. The molecule has 25 heavy (non-hydrogen) atoms. The Morgan fingerprint density at radius 2 is 2.00 bits per heavy atom. The second-order valence-electron chi connectivity index (χ2n) is 7.10. The average molecular weight is 360 g/mol. The molecule has 0 amide bonds. The van der Waals surface area contributed by atoms with Crippen LogP contribution >= 0.6 is 11.6 Å². The summed E-state index contributed by atoms with van der Waals surface area (Å²) in [5, 5.41) is 5.21. The number of benzene rings is 1. The number of fused-ring (bicyclic) bond motifs is 1. The number of nitrogens with zero attached hydrogens (tertiary/aromatic N) is 3. The van der Waals surface area contributed by atoms with Crippen molar-refractivity contribution in [2.75, 3.05) is 55.6 Å². The summed E-state index contributed by atoms with van der Waals surface area (Å²) in [6, 6.07) is 8.59. The third-order valence-corrected chi connectivity index (χ3v) is 5.65. The van der Waals surface area contributed by atoms with Gasteiger partial charge in [0, 0.05) is 50.3 Å². The summed E-state index contributed by atoms with van der Waals surface area (Å²) in [6.45, 7) is 6.77. The summed E-state index contributed by atoms with van der Waals surface area (Å²) < 4.78 is 0. The number of nitrogens with one attached hydrogen (secondary N) is 1. The van der Waals surface area contributed by atoms with E-state index >= 15 is 0 Å². The Labute approximate surface area is 154 Å². The fourth-order valence-electron chi connectivity index (χ4n) is 3.91. The van der Waals surface area contributed by atoms with Crippen LogP contribution in [0, 0.1) is 5.92 Å². The summed E-state index contributed by atoms with van der Waals surface area (Å²) >= 11 is 6.57. The maximum Gasteiger partial charge on any atom is 0.148 e. The summed E-state index contributed by atoms with van der Waals surface area (Å²) in [7, 11) is 0. The van der Waals surface area contributed by atoms with Crippen molar-refractivity contribution in [3.05, 3.63) is 29.3 Å². The predicted octanol–water partition coefficient (Wildman–Crippen LogP) is 2.47. The zero-order valence-corrected chi connectivity index (χ0v) is 15.3. The van der Waals surface area contributed by atoms with Gasteiger partial charge in [0.15, 0.2) is 0 Å². The zero-order valence-electron chi connectivity index (χ0n) is 14.5. The molecule has 6 heteroatoms. The monoisotopic (exact) mass is 359 g/mol. The molecule has 1 unspecified atom stereocenters. The molecule has 1 aromatic carbocycles. The second-order valence-corrected chi connectivity index (χ2v) is 7.51. The van der Waals surface area contributed by atoms with Crippen molar-refractivity contribution in [2.24, 2.45) is 11.7 Å². The number of anilines is 2. The van der Waals surface area contributed by atoms with Gasteiger partial charge in [0.1, 0.15) is 5.82 Å². The van der Waals surface area contributed by atoms with E-state index in [4.69, 9.17) is 22.3 Å². The quantitative estimate of drug-likeness (QED) is 0.881. The zero-order chi connectivity index (χ0) is 17.2. The summed E-state index contributed by atoms with van der Waals surface area (Å²) in [6.07, 6.45) is 2.45. The molecule has 1 aromatic heterocycles. The molecule has 2 aliphatic rings. The van der Waals surface area contributed by atoms with Crippen LogP contribution in [0.25, 0.3) is 10.9 Å². The lowest BCUT2D eigenvalue weighted by Gasteiger charge is -2.34. The Bertz CT molecular complexity index is 744. The largest absolute Gasteiger partial charge is 0.371 e.